The van der Waals surface area contributed by atoms with Crippen LogP contribution >= 0.6 is 0 Å². The monoisotopic (exact) mass is 356 g/mol. The lowest BCUT2D eigenvalue weighted by atomic mass is 9.66. The summed E-state index contributed by atoms with van der Waals surface area (Å²) in [5.41, 5.74) is 2.30. The maximum atomic E-state index is 13.8. The highest BCUT2D eigenvalue weighted by molar-refractivity contribution is 5.27. The number of halogens is 1. The smallest absolute Gasteiger partial charge is 0.132 e. The molecule has 0 amide bonds. The Balaban J connectivity index is 1.70. The van der Waals surface area contributed by atoms with Gasteiger partial charge in [-0.3, -0.25) is 0 Å². The molecule has 26 heavy (non-hydrogen) atoms. The number of ether oxygens (including phenoxy) is 1. The molecule has 3 rings (SSSR count). The minimum Gasteiger partial charge on any atom is -0.375 e. The first-order chi connectivity index (χ1) is 12.6. The van der Waals surface area contributed by atoms with Gasteiger partial charge in [0, 0.05) is 24.0 Å². The predicted molar refractivity (Wildman–Crippen MR) is 104 cm³/mol. The molecule has 1 aliphatic rings. The predicted octanol–water partition coefficient (Wildman–Crippen LogP) is 4.20. The van der Waals surface area contributed by atoms with E-state index in [9.17, 15) is 4.39 Å². The Labute approximate surface area is 156 Å². The molecule has 0 aromatic heterocycles. The highest BCUT2D eigenvalue weighted by atomic mass is 19.1. The lowest BCUT2D eigenvalue weighted by molar-refractivity contribution is -0.672. The number of nitrogens with two attached hydrogens (primary N) is 1. The largest absolute Gasteiger partial charge is 0.375 e. The molecule has 0 aliphatic carbocycles. The highest BCUT2D eigenvalue weighted by Crippen LogP contribution is 2.44. The van der Waals surface area contributed by atoms with Gasteiger partial charge in [0.1, 0.15) is 12.4 Å². The average Bonchev–Trinajstić information content (AvgIpc) is 2.67. The Morgan fingerprint density at radius 2 is 1.81 bits per heavy atom. The standard InChI is InChI=1S/C23H30FNO/c1-3-22(2)18-23(14-16-26-22,20-10-5-4-6-11-20)13-15-25-17-19-9-7-8-12-21(19)24/h4-12,25H,3,13-18H2,1-2H3/p+1/t22-,23-/m1/s1. The van der Waals surface area contributed by atoms with Gasteiger partial charge in [-0.2, -0.15) is 0 Å². The molecule has 0 unspecified atom stereocenters. The van der Waals surface area contributed by atoms with Crippen molar-refractivity contribution in [1.82, 2.24) is 0 Å². The van der Waals surface area contributed by atoms with E-state index >= 15 is 0 Å². The van der Waals surface area contributed by atoms with E-state index in [0.29, 0.717) is 6.54 Å². The Morgan fingerprint density at radius 3 is 2.54 bits per heavy atom. The van der Waals surface area contributed by atoms with Crippen molar-refractivity contribution < 1.29 is 14.4 Å². The van der Waals surface area contributed by atoms with E-state index in [0.717, 1.165) is 44.4 Å². The summed E-state index contributed by atoms with van der Waals surface area (Å²) < 4.78 is 19.9. The Morgan fingerprint density at radius 1 is 1.08 bits per heavy atom. The summed E-state index contributed by atoms with van der Waals surface area (Å²) in [4.78, 5) is 0. The molecule has 0 spiro atoms. The van der Waals surface area contributed by atoms with Crippen LogP contribution in [-0.2, 0) is 16.7 Å². The summed E-state index contributed by atoms with van der Waals surface area (Å²) in [5, 5.41) is 2.24. The van der Waals surface area contributed by atoms with Gasteiger partial charge in [-0.25, -0.2) is 4.39 Å². The Kier molecular flexibility index (Phi) is 6.10. The summed E-state index contributed by atoms with van der Waals surface area (Å²) in [7, 11) is 0. The molecule has 1 heterocycles. The maximum Gasteiger partial charge on any atom is 0.132 e. The van der Waals surface area contributed by atoms with Crippen molar-refractivity contribution in [1.29, 1.82) is 0 Å². The van der Waals surface area contributed by atoms with Crippen LogP contribution in [0, 0.1) is 5.82 Å². The van der Waals surface area contributed by atoms with Crippen LogP contribution in [0.5, 0.6) is 0 Å². The summed E-state index contributed by atoms with van der Waals surface area (Å²) in [6, 6.07) is 18.0. The molecule has 2 aromatic rings. The molecule has 1 fully saturated rings. The minimum absolute atomic E-state index is 0.0559. The van der Waals surface area contributed by atoms with Crippen LogP contribution in [0.1, 0.15) is 50.7 Å². The van der Waals surface area contributed by atoms with Crippen LogP contribution in [-0.4, -0.2) is 18.8 Å². The van der Waals surface area contributed by atoms with Crippen molar-refractivity contribution in [3.63, 3.8) is 0 Å². The van der Waals surface area contributed by atoms with Gasteiger partial charge in [0.15, 0.2) is 0 Å². The van der Waals surface area contributed by atoms with Gasteiger partial charge >= 0.3 is 0 Å². The number of rotatable bonds is 7. The SMILES string of the molecule is CC[C@]1(C)C[C@](CC[NH2+]Cc2ccccc2F)(c2ccccc2)CCO1. The van der Waals surface area contributed by atoms with Crippen molar-refractivity contribution >= 4 is 0 Å². The van der Waals surface area contributed by atoms with Gasteiger partial charge in [0.05, 0.1) is 12.1 Å². The van der Waals surface area contributed by atoms with Gasteiger partial charge in [-0.1, -0.05) is 55.5 Å². The fourth-order valence-electron chi connectivity index (χ4n) is 4.27. The summed E-state index contributed by atoms with van der Waals surface area (Å²) in [6.45, 7) is 6.95. The van der Waals surface area contributed by atoms with E-state index in [1.807, 2.05) is 12.1 Å². The van der Waals surface area contributed by atoms with Crippen molar-refractivity contribution in [3.8, 4) is 0 Å². The Bertz CT molecular complexity index is 704. The molecular formula is C23H31FNO+. The van der Waals surface area contributed by atoms with Gasteiger partial charge in [0.2, 0.25) is 0 Å². The van der Waals surface area contributed by atoms with Gasteiger partial charge < -0.3 is 10.1 Å². The molecule has 0 radical (unpaired) electrons. The summed E-state index contributed by atoms with van der Waals surface area (Å²) in [5.74, 6) is -0.105. The second-order valence-corrected chi connectivity index (χ2v) is 7.85. The molecular weight excluding hydrogens is 325 g/mol. The average molecular weight is 357 g/mol. The highest BCUT2D eigenvalue weighted by Gasteiger charge is 2.43. The fourth-order valence-corrected chi connectivity index (χ4v) is 4.27. The van der Waals surface area contributed by atoms with Crippen LogP contribution in [0.15, 0.2) is 54.6 Å². The van der Waals surface area contributed by atoms with E-state index in [2.05, 4.69) is 49.5 Å². The normalized spacial score (nSPS) is 26.0. The second kappa shape index (κ2) is 8.32. The molecule has 2 aromatic carbocycles. The quantitative estimate of drug-likeness (QED) is 0.740. The van der Waals surface area contributed by atoms with Crippen molar-refractivity contribution in [2.45, 2.75) is 57.1 Å². The number of hydrogen-bond donors (Lipinski definition) is 1. The fraction of sp³-hybridized carbons (Fsp3) is 0.478. The zero-order valence-electron chi connectivity index (χ0n) is 16.0. The summed E-state index contributed by atoms with van der Waals surface area (Å²) >= 11 is 0. The van der Waals surface area contributed by atoms with Crippen LogP contribution in [0.2, 0.25) is 0 Å². The first-order valence-corrected chi connectivity index (χ1v) is 9.81. The van der Waals surface area contributed by atoms with Crippen molar-refractivity contribution in [3.05, 3.63) is 71.5 Å². The minimum atomic E-state index is -0.105. The molecule has 2 nitrogen and oxygen atoms in total. The van der Waals surface area contributed by atoms with E-state index in [-0.39, 0.29) is 16.8 Å². The van der Waals surface area contributed by atoms with Crippen molar-refractivity contribution in [2.75, 3.05) is 13.2 Å². The molecule has 0 bridgehead atoms. The summed E-state index contributed by atoms with van der Waals surface area (Å²) in [6.07, 6.45) is 4.22. The van der Waals surface area contributed by atoms with Crippen LogP contribution in [0.4, 0.5) is 4.39 Å². The van der Waals surface area contributed by atoms with Crippen LogP contribution < -0.4 is 5.32 Å². The lowest BCUT2D eigenvalue weighted by Crippen LogP contribution is -2.83. The van der Waals surface area contributed by atoms with Gasteiger partial charge in [-0.05, 0) is 37.8 Å². The number of benzene rings is 2. The third-order valence-electron chi connectivity index (χ3n) is 6.03. The molecule has 1 saturated heterocycles. The zero-order chi connectivity index (χ0) is 18.5. The number of hydrogen-bond acceptors (Lipinski definition) is 1. The first kappa shape index (κ1) is 19.1. The third-order valence-corrected chi connectivity index (χ3v) is 6.03. The van der Waals surface area contributed by atoms with Crippen LogP contribution in [0.3, 0.4) is 0 Å². The molecule has 2 N–H and O–H groups in total. The topological polar surface area (TPSA) is 25.8 Å². The van der Waals surface area contributed by atoms with E-state index in [4.69, 9.17) is 4.74 Å². The number of quaternary nitrogens is 1. The Hall–Kier alpha value is -1.71. The van der Waals surface area contributed by atoms with Crippen molar-refractivity contribution in [2.24, 2.45) is 0 Å². The lowest BCUT2D eigenvalue weighted by Gasteiger charge is -2.46. The van der Waals surface area contributed by atoms with E-state index in [1.165, 1.54) is 5.56 Å². The third kappa shape index (κ3) is 4.33. The maximum absolute atomic E-state index is 13.8. The van der Waals surface area contributed by atoms with E-state index < -0.39 is 0 Å². The first-order valence-electron chi connectivity index (χ1n) is 9.81. The van der Waals surface area contributed by atoms with E-state index in [1.54, 1.807) is 12.1 Å². The van der Waals surface area contributed by atoms with Gasteiger partial charge in [0.25, 0.3) is 0 Å². The second-order valence-electron chi connectivity index (χ2n) is 7.85. The molecule has 1 aliphatic heterocycles. The molecule has 3 heteroatoms. The van der Waals surface area contributed by atoms with Crippen LogP contribution in [0.25, 0.3) is 0 Å². The van der Waals surface area contributed by atoms with Gasteiger partial charge in [-0.15, -0.1) is 0 Å². The molecule has 140 valence electrons. The molecule has 2 atom stereocenters. The zero-order valence-corrected chi connectivity index (χ0v) is 16.0. The molecule has 0 saturated carbocycles.